The summed E-state index contributed by atoms with van der Waals surface area (Å²) in [5, 5.41) is 17.5. The Labute approximate surface area is 61.7 Å². The summed E-state index contributed by atoms with van der Waals surface area (Å²) in [5.74, 6) is 0.711. The summed E-state index contributed by atoms with van der Waals surface area (Å²) in [4.78, 5) is 0. The lowest BCUT2D eigenvalue weighted by atomic mass is 9.72. The zero-order valence-corrected chi connectivity index (χ0v) is 6.25. The monoisotopic (exact) mass is 140 g/mol. The predicted octanol–water partition coefficient (Wildman–Crippen LogP) is 0.745. The van der Waals surface area contributed by atoms with Crippen LogP contribution in [0.2, 0.25) is 0 Å². The Hall–Kier alpha value is -0.275. The van der Waals surface area contributed by atoms with Crippen LogP contribution in [0.5, 0.6) is 0 Å². The number of rotatable bonds is 1. The van der Waals surface area contributed by atoms with Gasteiger partial charge < -0.3 is 10.0 Å². The molecule has 0 amide bonds. The Morgan fingerprint density at radius 3 is 2.70 bits per heavy atom. The van der Waals surface area contributed by atoms with Crippen LogP contribution in [0.25, 0.3) is 0 Å². The molecule has 0 fully saturated rings. The fraction of sp³-hybridized carbons (Fsp3) is 0.714. The molecule has 0 unspecified atom stereocenters. The van der Waals surface area contributed by atoms with E-state index in [1.807, 2.05) is 6.08 Å². The van der Waals surface area contributed by atoms with Crippen LogP contribution in [0.4, 0.5) is 0 Å². The second-order valence-electron chi connectivity index (χ2n) is 3.03. The standard InChI is InChI=1S/C7H13BO2/c1-6-2-4-7(5-3-6)8(9)10/h4,6,9-10H,2-3,5H2,1H3/t6-/m1/s1. The Morgan fingerprint density at radius 1 is 1.60 bits per heavy atom. The number of allylic oxidation sites excluding steroid dienone is 2. The second-order valence-corrected chi connectivity index (χ2v) is 3.03. The largest absolute Gasteiger partial charge is 0.483 e. The molecular weight excluding hydrogens is 127 g/mol. The predicted molar refractivity (Wildman–Crippen MR) is 41.3 cm³/mol. The van der Waals surface area contributed by atoms with Gasteiger partial charge in [-0.3, -0.25) is 0 Å². The van der Waals surface area contributed by atoms with Crippen LogP contribution in [-0.4, -0.2) is 17.2 Å². The quantitative estimate of drug-likeness (QED) is 0.527. The Balaban J connectivity index is 2.48. The van der Waals surface area contributed by atoms with Crippen molar-refractivity contribution < 1.29 is 10.0 Å². The molecule has 3 heteroatoms. The van der Waals surface area contributed by atoms with E-state index in [1.165, 1.54) is 0 Å². The lowest BCUT2D eigenvalue weighted by Crippen LogP contribution is -2.18. The molecule has 0 radical (unpaired) electrons. The van der Waals surface area contributed by atoms with Gasteiger partial charge in [-0.25, -0.2) is 0 Å². The van der Waals surface area contributed by atoms with Crippen LogP contribution in [0.3, 0.4) is 0 Å². The van der Waals surface area contributed by atoms with Crippen molar-refractivity contribution in [2.75, 3.05) is 0 Å². The van der Waals surface area contributed by atoms with Crippen molar-refractivity contribution in [2.45, 2.75) is 26.2 Å². The third-order valence-corrected chi connectivity index (χ3v) is 2.04. The first-order valence-electron chi connectivity index (χ1n) is 3.75. The van der Waals surface area contributed by atoms with E-state index in [1.54, 1.807) is 0 Å². The number of hydrogen-bond acceptors (Lipinski definition) is 2. The first-order chi connectivity index (χ1) is 4.70. The fourth-order valence-electron chi connectivity index (χ4n) is 1.22. The highest BCUT2D eigenvalue weighted by molar-refractivity contribution is 6.50. The van der Waals surface area contributed by atoms with Crippen LogP contribution in [0.15, 0.2) is 11.5 Å². The summed E-state index contributed by atoms with van der Waals surface area (Å²) in [5.41, 5.74) is 0.790. The average molecular weight is 140 g/mol. The van der Waals surface area contributed by atoms with Crippen molar-refractivity contribution in [1.82, 2.24) is 0 Å². The summed E-state index contributed by atoms with van der Waals surface area (Å²) in [6.07, 6.45) is 4.87. The van der Waals surface area contributed by atoms with E-state index in [2.05, 4.69) is 6.92 Å². The molecule has 0 spiro atoms. The lowest BCUT2D eigenvalue weighted by molar-refractivity contribution is 0.408. The van der Waals surface area contributed by atoms with Gasteiger partial charge in [0.15, 0.2) is 0 Å². The van der Waals surface area contributed by atoms with Crippen molar-refractivity contribution >= 4 is 7.12 Å². The van der Waals surface area contributed by atoms with Crippen molar-refractivity contribution in [1.29, 1.82) is 0 Å². The molecule has 1 atom stereocenters. The highest BCUT2D eigenvalue weighted by atomic mass is 16.4. The van der Waals surface area contributed by atoms with E-state index in [0.29, 0.717) is 5.92 Å². The number of hydrogen-bond donors (Lipinski definition) is 2. The molecule has 1 aliphatic carbocycles. The second kappa shape index (κ2) is 3.22. The van der Waals surface area contributed by atoms with Gasteiger partial charge >= 0.3 is 7.12 Å². The fourth-order valence-corrected chi connectivity index (χ4v) is 1.22. The molecule has 0 aromatic heterocycles. The molecule has 56 valence electrons. The minimum Gasteiger partial charge on any atom is -0.423 e. The van der Waals surface area contributed by atoms with Crippen molar-refractivity contribution in [3.8, 4) is 0 Å². The molecule has 10 heavy (non-hydrogen) atoms. The Morgan fingerprint density at radius 2 is 2.30 bits per heavy atom. The Kier molecular flexibility index (Phi) is 2.52. The third-order valence-electron chi connectivity index (χ3n) is 2.04. The van der Waals surface area contributed by atoms with Gasteiger partial charge in [0.1, 0.15) is 0 Å². The van der Waals surface area contributed by atoms with Crippen molar-refractivity contribution in [3.05, 3.63) is 11.5 Å². The molecule has 0 heterocycles. The maximum absolute atomic E-state index is 8.75. The first kappa shape index (κ1) is 7.83. The molecular formula is C7H13BO2. The zero-order valence-electron chi connectivity index (χ0n) is 6.25. The molecule has 1 rings (SSSR count). The van der Waals surface area contributed by atoms with E-state index in [4.69, 9.17) is 10.0 Å². The van der Waals surface area contributed by atoms with Crippen molar-refractivity contribution in [3.63, 3.8) is 0 Å². The van der Waals surface area contributed by atoms with E-state index in [-0.39, 0.29) is 0 Å². The third kappa shape index (κ3) is 1.85. The molecule has 2 nitrogen and oxygen atoms in total. The van der Waals surface area contributed by atoms with Crippen LogP contribution in [0, 0.1) is 5.92 Å². The van der Waals surface area contributed by atoms with E-state index in [0.717, 1.165) is 24.7 Å². The molecule has 0 aliphatic heterocycles. The van der Waals surface area contributed by atoms with Crippen molar-refractivity contribution in [2.24, 2.45) is 5.92 Å². The topological polar surface area (TPSA) is 40.5 Å². The van der Waals surface area contributed by atoms with Gasteiger partial charge in [0.05, 0.1) is 0 Å². The SMILES string of the molecule is C[C@@H]1CC=C(B(O)O)CC1. The van der Waals surface area contributed by atoms with E-state index >= 15 is 0 Å². The molecule has 0 bridgehead atoms. The molecule has 0 aromatic rings. The summed E-state index contributed by atoms with van der Waals surface area (Å²) >= 11 is 0. The van der Waals surface area contributed by atoms with Crippen LogP contribution in [0.1, 0.15) is 26.2 Å². The normalized spacial score (nSPS) is 25.9. The van der Waals surface area contributed by atoms with Gasteiger partial charge in [0.2, 0.25) is 0 Å². The first-order valence-corrected chi connectivity index (χ1v) is 3.75. The smallest absolute Gasteiger partial charge is 0.423 e. The average Bonchev–Trinajstić information content (AvgIpc) is 1.88. The van der Waals surface area contributed by atoms with E-state index in [9.17, 15) is 0 Å². The molecule has 0 aromatic carbocycles. The summed E-state index contributed by atoms with van der Waals surface area (Å²) in [6.45, 7) is 2.18. The van der Waals surface area contributed by atoms with Gasteiger partial charge in [-0.1, -0.05) is 13.0 Å². The molecule has 2 N–H and O–H groups in total. The minimum atomic E-state index is -1.22. The minimum absolute atomic E-state index is 0.711. The van der Waals surface area contributed by atoms with E-state index < -0.39 is 7.12 Å². The van der Waals surface area contributed by atoms with Gasteiger partial charge in [-0.2, -0.15) is 0 Å². The van der Waals surface area contributed by atoms with Gasteiger partial charge in [0.25, 0.3) is 0 Å². The van der Waals surface area contributed by atoms with Gasteiger partial charge in [-0.05, 0) is 30.7 Å². The summed E-state index contributed by atoms with van der Waals surface area (Å²) in [7, 11) is -1.22. The summed E-state index contributed by atoms with van der Waals surface area (Å²) in [6, 6.07) is 0. The molecule has 0 saturated carbocycles. The van der Waals surface area contributed by atoms with Crippen LogP contribution < -0.4 is 0 Å². The van der Waals surface area contributed by atoms with Crippen LogP contribution in [-0.2, 0) is 0 Å². The maximum atomic E-state index is 8.75. The zero-order chi connectivity index (χ0) is 7.56. The summed E-state index contributed by atoms with van der Waals surface area (Å²) < 4.78 is 0. The highest BCUT2D eigenvalue weighted by Crippen LogP contribution is 2.22. The molecule has 1 aliphatic rings. The van der Waals surface area contributed by atoms with Gasteiger partial charge in [0, 0.05) is 0 Å². The molecule has 0 saturated heterocycles. The van der Waals surface area contributed by atoms with Crippen LogP contribution >= 0.6 is 0 Å². The lowest BCUT2D eigenvalue weighted by Gasteiger charge is -2.17. The maximum Gasteiger partial charge on any atom is 0.483 e. The Bertz CT molecular complexity index is 143. The highest BCUT2D eigenvalue weighted by Gasteiger charge is 2.18. The van der Waals surface area contributed by atoms with Gasteiger partial charge in [-0.15, -0.1) is 0 Å².